The summed E-state index contributed by atoms with van der Waals surface area (Å²) < 4.78 is 41.2. The van der Waals surface area contributed by atoms with Gasteiger partial charge in [-0.05, 0) is 24.3 Å². The van der Waals surface area contributed by atoms with Crippen molar-refractivity contribution in [3.05, 3.63) is 60.7 Å². The molecule has 1 aliphatic heterocycles. The lowest BCUT2D eigenvalue weighted by Gasteiger charge is -2.12. The molecule has 0 aliphatic carbocycles. The molecule has 1 saturated heterocycles. The first-order valence-electron chi connectivity index (χ1n) is 7.92. The van der Waals surface area contributed by atoms with Crippen LogP contribution in [0.25, 0.3) is 0 Å². The molecule has 2 aromatic rings. The lowest BCUT2D eigenvalue weighted by molar-refractivity contribution is 0.170. The van der Waals surface area contributed by atoms with Crippen molar-refractivity contribution in [1.29, 1.82) is 0 Å². The summed E-state index contributed by atoms with van der Waals surface area (Å²) in [4.78, 5) is 11.6. The molecule has 140 valence electrons. The molecule has 1 aliphatic rings. The first-order valence-corrected chi connectivity index (χ1v) is 12.1. The standard InChI is InChI=1S/C17H20O6PS2/c1-21-24(18)22-16(12-25(19)14-8-4-2-5-9-14)17(23-24)13-26(20)15-10-6-3-7-11-15/h2-11,16-18H,12-13H2,1H3/q+1. The van der Waals surface area contributed by atoms with Gasteiger partial charge in [-0.2, -0.15) is 9.42 Å². The van der Waals surface area contributed by atoms with Crippen molar-refractivity contribution in [3.63, 3.8) is 0 Å². The molecule has 9 heteroatoms. The van der Waals surface area contributed by atoms with E-state index in [0.29, 0.717) is 9.79 Å². The molecule has 0 aromatic heterocycles. The van der Waals surface area contributed by atoms with Gasteiger partial charge in [-0.1, -0.05) is 36.4 Å². The fraction of sp³-hybridized carbons (Fsp3) is 0.294. The van der Waals surface area contributed by atoms with Gasteiger partial charge in [0.2, 0.25) is 0 Å². The molecule has 0 saturated carbocycles. The molecule has 0 amide bonds. The summed E-state index contributed by atoms with van der Waals surface area (Å²) in [6.07, 6.45) is -1.36. The van der Waals surface area contributed by atoms with Gasteiger partial charge in [0.1, 0.15) is 0 Å². The quantitative estimate of drug-likeness (QED) is 0.701. The van der Waals surface area contributed by atoms with E-state index in [1.807, 2.05) is 12.1 Å². The van der Waals surface area contributed by atoms with Gasteiger partial charge in [-0.25, -0.2) is 0 Å². The predicted molar refractivity (Wildman–Crippen MR) is 101 cm³/mol. The lowest BCUT2D eigenvalue weighted by Crippen LogP contribution is -2.32. The van der Waals surface area contributed by atoms with Crippen LogP contribution in [0.1, 0.15) is 0 Å². The van der Waals surface area contributed by atoms with Crippen molar-refractivity contribution in [1.82, 2.24) is 0 Å². The van der Waals surface area contributed by atoms with Gasteiger partial charge in [0.15, 0.2) is 12.2 Å². The Labute approximate surface area is 158 Å². The third-order valence-electron chi connectivity index (χ3n) is 3.83. The fourth-order valence-electron chi connectivity index (χ4n) is 2.50. The lowest BCUT2D eigenvalue weighted by atomic mass is 10.3. The van der Waals surface area contributed by atoms with Gasteiger partial charge in [0, 0.05) is 9.79 Å². The van der Waals surface area contributed by atoms with E-state index in [0.717, 1.165) is 0 Å². The van der Waals surface area contributed by atoms with Crippen LogP contribution < -0.4 is 0 Å². The van der Waals surface area contributed by atoms with E-state index < -0.39 is 42.0 Å². The van der Waals surface area contributed by atoms with Crippen molar-refractivity contribution in [2.24, 2.45) is 0 Å². The first-order chi connectivity index (χ1) is 12.5. The maximum absolute atomic E-state index is 12.6. The van der Waals surface area contributed by atoms with Crippen molar-refractivity contribution in [2.75, 3.05) is 18.6 Å². The second-order valence-electron chi connectivity index (χ2n) is 5.59. The van der Waals surface area contributed by atoms with Crippen LogP contribution in [0.2, 0.25) is 0 Å². The summed E-state index contributed by atoms with van der Waals surface area (Å²) in [6, 6.07) is 18.0. The third-order valence-corrected chi connectivity index (χ3v) is 8.22. The maximum Gasteiger partial charge on any atom is 0.573 e. The molecule has 1 fully saturated rings. The van der Waals surface area contributed by atoms with Crippen LogP contribution >= 0.6 is 8.17 Å². The van der Waals surface area contributed by atoms with E-state index in [1.165, 1.54) is 7.11 Å². The van der Waals surface area contributed by atoms with Crippen LogP contribution in [-0.4, -0.2) is 44.1 Å². The number of hydrogen-bond donors (Lipinski definition) is 1. The zero-order valence-corrected chi connectivity index (χ0v) is 16.6. The molecule has 0 bridgehead atoms. The molecule has 4 atom stereocenters. The minimum absolute atomic E-state index is 0.117. The maximum atomic E-state index is 12.6. The second-order valence-corrected chi connectivity index (χ2v) is 10.3. The minimum Gasteiger partial charge on any atom is -0.254 e. The molecule has 0 spiro atoms. The van der Waals surface area contributed by atoms with E-state index >= 15 is 0 Å². The van der Waals surface area contributed by atoms with Crippen LogP contribution in [0.15, 0.2) is 70.5 Å². The number of hydrogen-bond acceptors (Lipinski definition) is 6. The Morgan fingerprint density at radius 1 is 0.885 bits per heavy atom. The van der Waals surface area contributed by atoms with E-state index in [2.05, 4.69) is 0 Å². The first kappa shape index (κ1) is 19.8. The van der Waals surface area contributed by atoms with Gasteiger partial charge in [-0.3, -0.25) is 8.42 Å². The SMILES string of the molecule is CO[P+]1(O)OC(CS(=O)c2ccccc2)C(CS(=O)c2ccccc2)O1. The van der Waals surface area contributed by atoms with E-state index in [9.17, 15) is 13.3 Å². The summed E-state index contributed by atoms with van der Waals surface area (Å²) in [7, 11) is -4.87. The molecule has 26 heavy (non-hydrogen) atoms. The average Bonchev–Trinajstić information content (AvgIpc) is 2.99. The van der Waals surface area contributed by atoms with E-state index in [4.69, 9.17) is 13.6 Å². The van der Waals surface area contributed by atoms with Crippen LogP contribution in [0.4, 0.5) is 0 Å². The molecule has 1 N–H and O–H groups in total. The molecular formula is C17H20O6PS2+. The zero-order valence-electron chi connectivity index (χ0n) is 14.1. The summed E-state index contributed by atoms with van der Waals surface area (Å²) in [5.74, 6) is 0.235. The highest BCUT2D eigenvalue weighted by Crippen LogP contribution is 2.64. The minimum atomic E-state index is -3.48. The van der Waals surface area contributed by atoms with Crippen LogP contribution in [0.5, 0.6) is 0 Å². The topological polar surface area (TPSA) is 82.1 Å². The number of rotatable bonds is 7. The van der Waals surface area contributed by atoms with Crippen molar-refractivity contribution >= 4 is 29.8 Å². The summed E-state index contributed by atoms with van der Waals surface area (Å²) >= 11 is 0. The van der Waals surface area contributed by atoms with Crippen molar-refractivity contribution < 1.29 is 26.9 Å². The third kappa shape index (κ3) is 4.84. The van der Waals surface area contributed by atoms with Crippen molar-refractivity contribution in [2.45, 2.75) is 22.0 Å². The number of benzene rings is 2. The van der Waals surface area contributed by atoms with E-state index in [1.54, 1.807) is 48.5 Å². The van der Waals surface area contributed by atoms with E-state index in [-0.39, 0.29) is 11.5 Å². The largest absolute Gasteiger partial charge is 0.573 e. The van der Waals surface area contributed by atoms with Gasteiger partial charge in [-0.15, -0.1) is 9.05 Å². The predicted octanol–water partition coefficient (Wildman–Crippen LogP) is 2.70. The Kier molecular flexibility index (Phi) is 6.69. The highest BCUT2D eigenvalue weighted by molar-refractivity contribution is 7.85. The van der Waals surface area contributed by atoms with Gasteiger partial charge in [0.25, 0.3) is 0 Å². The average molecular weight is 415 g/mol. The second kappa shape index (κ2) is 8.80. The highest BCUT2D eigenvalue weighted by atomic mass is 32.2. The molecule has 0 radical (unpaired) electrons. The molecule has 4 unspecified atom stereocenters. The molecule has 2 aromatic carbocycles. The zero-order chi connectivity index (χ0) is 18.6. The molecular weight excluding hydrogens is 395 g/mol. The van der Waals surface area contributed by atoms with Crippen molar-refractivity contribution in [3.8, 4) is 0 Å². The van der Waals surface area contributed by atoms with Gasteiger partial charge >= 0.3 is 8.17 Å². The summed E-state index contributed by atoms with van der Waals surface area (Å²) in [6.45, 7) is 0. The fourth-order valence-corrected chi connectivity index (χ4v) is 6.50. The molecule has 3 rings (SSSR count). The Morgan fingerprint density at radius 3 is 1.62 bits per heavy atom. The Bertz CT molecular complexity index is 712. The smallest absolute Gasteiger partial charge is 0.254 e. The van der Waals surface area contributed by atoms with Crippen LogP contribution in [0.3, 0.4) is 0 Å². The molecule has 1 heterocycles. The normalized spacial score (nSPS) is 27.9. The monoisotopic (exact) mass is 415 g/mol. The summed E-state index contributed by atoms with van der Waals surface area (Å²) in [5, 5.41) is 0. The van der Waals surface area contributed by atoms with Crippen LogP contribution in [0, 0.1) is 0 Å². The Hall–Kier alpha value is -0.990. The Morgan fingerprint density at radius 2 is 1.27 bits per heavy atom. The van der Waals surface area contributed by atoms with Gasteiger partial charge < -0.3 is 0 Å². The van der Waals surface area contributed by atoms with Gasteiger partial charge in [0.05, 0.1) is 40.2 Å². The van der Waals surface area contributed by atoms with Crippen LogP contribution in [-0.2, 0) is 35.2 Å². The Balaban J connectivity index is 1.73. The highest BCUT2D eigenvalue weighted by Gasteiger charge is 2.59. The summed E-state index contributed by atoms with van der Waals surface area (Å²) in [5.41, 5.74) is 0. The molecule has 6 nitrogen and oxygen atoms in total.